The van der Waals surface area contributed by atoms with Crippen molar-refractivity contribution in [3.63, 3.8) is 0 Å². The summed E-state index contributed by atoms with van der Waals surface area (Å²) in [6, 6.07) is 4.15. The van der Waals surface area contributed by atoms with E-state index in [1.807, 2.05) is 0 Å². The van der Waals surface area contributed by atoms with Crippen LogP contribution in [0.3, 0.4) is 0 Å². The standard InChI is InChI=1S/C14H11FN4O3S2/c1-7-12(24-18-17-7)13(21)16-14-19(6-11(20)22-2)9-4-3-8(15)5-10(9)23-14/h3-5H,6H2,1-2H3. The Morgan fingerprint density at radius 2 is 2.21 bits per heavy atom. The number of thiazole rings is 1. The molecule has 124 valence electrons. The second-order valence-corrected chi connectivity index (χ2v) is 6.53. The molecule has 0 saturated carbocycles. The third-order valence-corrected chi connectivity index (χ3v) is 5.06. The highest BCUT2D eigenvalue weighted by atomic mass is 32.1. The van der Waals surface area contributed by atoms with Crippen molar-refractivity contribution in [1.29, 1.82) is 0 Å². The minimum atomic E-state index is -0.506. The molecular formula is C14H11FN4O3S2. The topological polar surface area (TPSA) is 86.4 Å². The van der Waals surface area contributed by atoms with Gasteiger partial charge >= 0.3 is 5.97 Å². The second kappa shape index (κ2) is 6.57. The van der Waals surface area contributed by atoms with Gasteiger partial charge in [0.15, 0.2) is 4.80 Å². The highest BCUT2D eigenvalue weighted by molar-refractivity contribution is 7.16. The van der Waals surface area contributed by atoms with Crippen LogP contribution < -0.4 is 4.80 Å². The van der Waals surface area contributed by atoms with Crippen LogP contribution in [0.5, 0.6) is 0 Å². The number of methoxy groups -OCH3 is 1. The van der Waals surface area contributed by atoms with E-state index in [-0.39, 0.29) is 11.3 Å². The number of carbonyl (C=O) groups is 2. The smallest absolute Gasteiger partial charge is 0.325 e. The van der Waals surface area contributed by atoms with Crippen molar-refractivity contribution in [3.8, 4) is 0 Å². The molecule has 3 aromatic rings. The van der Waals surface area contributed by atoms with E-state index in [2.05, 4.69) is 19.3 Å². The summed E-state index contributed by atoms with van der Waals surface area (Å²) in [6.07, 6.45) is 0. The quantitative estimate of drug-likeness (QED) is 0.661. The summed E-state index contributed by atoms with van der Waals surface area (Å²) in [5.74, 6) is -1.41. The number of nitrogens with zero attached hydrogens (tertiary/aromatic N) is 4. The van der Waals surface area contributed by atoms with Gasteiger partial charge in [-0.3, -0.25) is 9.59 Å². The fraction of sp³-hybridized carbons (Fsp3) is 0.214. The summed E-state index contributed by atoms with van der Waals surface area (Å²) in [5.41, 5.74) is 1.08. The van der Waals surface area contributed by atoms with Crippen LogP contribution in [0.1, 0.15) is 15.4 Å². The zero-order valence-corrected chi connectivity index (χ0v) is 14.3. The fourth-order valence-electron chi connectivity index (χ4n) is 2.04. The summed E-state index contributed by atoms with van der Waals surface area (Å²) >= 11 is 2.06. The molecule has 0 saturated heterocycles. The zero-order chi connectivity index (χ0) is 17.3. The average Bonchev–Trinajstić information content (AvgIpc) is 3.11. The molecule has 0 fully saturated rings. The molecule has 0 N–H and O–H groups in total. The lowest BCUT2D eigenvalue weighted by Crippen LogP contribution is -2.22. The van der Waals surface area contributed by atoms with Crippen molar-refractivity contribution >= 4 is 45.0 Å². The molecule has 2 aromatic heterocycles. The number of hydrogen-bond acceptors (Lipinski definition) is 7. The Kier molecular flexibility index (Phi) is 4.49. The van der Waals surface area contributed by atoms with Gasteiger partial charge in [-0.2, -0.15) is 4.99 Å². The summed E-state index contributed by atoms with van der Waals surface area (Å²) in [4.78, 5) is 28.6. The lowest BCUT2D eigenvalue weighted by molar-refractivity contribution is -0.141. The lowest BCUT2D eigenvalue weighted by atomic mass is 10.3. The molecule has 7 nitrogen and oxygen atoms in total. The van der Waals surface area contributed by atoms with E-state index in [0.29, 0.717) is 20.8 Å². The van der Waals surface area contributed by atoms with E-state index >= 15 is 0 Å². The van der Waals surface area contributed by atoms with Gasteiger partial charge < -0.3 is 9.30 Å². The first-order valence-corrected chi connectivity index (χ1v) is 8.32. The van der Waals surface area contributed by atoms with E-state index < -0.39 is 17.7 Å². The normalized spacial score (nSPS) is 11.9. The largest absolute Gasteiger partial charge is 0.468 e. The molecule has 3 rings (SSSR count). The van der Waals surface area contributed by atoms with Crippen LogP contribution in [0.25, 0.3) is 10.2 Å². The van der Waals surface area contributed by atoms with Crippen LogP contribution in [0.15, 0.2) is 23.2 Å². The van der Waals surface area contributed by atoms with Crippen molar-refractivity contribution < 1.29 is 18.7 Å². The Morgan fingerprint density at radius 3 is 2.88 bits per heavy atom. The number of esters is 1. The van der Waals surface area contributed by atoms with Crippen LogP contribution in [0.2, 0.25) is 0 Å². The van der Waals surface area contributed by atoms with Crippen LogP contribution in [0.4, 0.5) is 4.39 Å². The fourth-order valence-corrected chi connectivity index (χ4v) is 3.64. The van der Waals surface area contributed by atoms with Gasteiger partial charge in [0.2, 0.25) is 0 Å². The van der Waals surface area contributed by atoms with Gasteiger partial charge in [-0.05, 0) is 36.7 Å². The monoisotopic (exact) mass is 366 g/mol. The molecule has 0 spiro atoms. The molecule has 0 atom stereocenters. The molecule has 0 unspecified atom stereocenters. The Balaban J connectivity index is 2.17. The maximum Gasteiger partial charge on any atom is 0.325 e. The molecule has 0 aliphatic carbocycles. The van der Waals surface area contributed by atoms with Crippen molar-refractivity contribution in [1.82, 2.24) is 14.2 Å². The number of rotatable bonds is 3. The first-order valence-electron chi connectivity index (χ1n) is 6.73. The molecule has 0 radical (unpaired) electrons. The van der Waals surface area contributed by atoms with Crippen LogP contribution in [-0.4, -0.2) is 33.1 Å². The van der Waals surface area contributed by atoms with Gasteiger partial charge in [0.25, 0.3) is 5.91 Å². The Bertz CT molecular complexity index is 1010. The van der Waals surface area contributed by atoms with Gasteiger partial charge in [-0.15, -0.1) is 5.10 Å². The molecule has 24 heavy (non-hydrogen) atoms. The van der Waals surface area contributed by atoms with Crippen LogP contribution >= 0.6 is 22.9 Å². The number of fused-ring (bicyclic) bond motifs is 1. The third-order valence-electron chi connectivity index (χ3n) is 3.20. The molecule has 2 heterocycles. The van der Waals surface area contributed by atoms with Gasteiger partial charge in [0, 0.05) is 0 Å². The SMILES string of the molecule is COC(=O)Cn1c(=NC(=O)c2snnc2C)sc2cc(F)ccc21. The number of hydrogen-bond donors (Lipinski definition) is 0. The van der Waals surface area contributed by atoms with E-state index in [0.717, 1.165) is 22.9 Å². The summed E-state index contributed by atoms with van der Waals surface area (Å²) in [7, 11) is 1.27. The number of amides is 1. The molecule has 0 bridgehead atoms. The highest BCUT2D eigenvalue weighted by Crippen LogP contribution is 2.19. The van der Waals surface area contributed by atoms with E-state index in [9.17, 15) is 14.0 Å². The Labute approximate surface area is 143 Å². The number of halogens is 1. The number of aromatic nitrogens is 3. The molecular weight excluding hydrogens is 355 g/mol. The minimum absolute atomic E-state index is 0.131. The highest BCUT2D eigenvalue weighted by Gasteiger charge is 2.15. The zero-order valence-electron chi connectivity index (χ0n) is 12.6. The maximum atomic E-state index is 13.4. The first kappa shape index (κ1) is 16.4. The van der Waals surface area contributed by atoms with Crippen molar-refractivity contribution in [2.75, 3.05) is 7.11 Å². The van der Waals surface area contributed by atoms with Crippen molar-refractivity contribution in [2.24, 2.45) is 4.99 Å². The average molecular weight is 366 g/mol. The molecule has 0 aliphatic rings. The second-order valence-electron chi connectivity index (χ2n) is 4.76. The van der Waals surface area contributed by atoms with E-state index in [1.165, 1.54) is 29.9 Å². The molecule has 1 aromatic carbocycles. The molecule has 10 heteroatoms. The Morgan fingerprint density at radius 1 is 1.42 bits per heavy atom. The van der Waals surface area contributed by atoms with Gasteiger partial charge in [-0.1, -0.05) is 15.8 Å². The van der Waals surface area contributed by atoms with Gasteiger partial charge in [0.05, 0.1) is 23.0 Å². The third kappa shape index (κ3) is 3.10. The minimum Gasteiger partial charge on any atom is -0.468 e. The van der Waals surface area contributed by atoms with Crippen LogP contribution in [0, 0.1) is 12.7 Å². The van der Waals surface area contributed by atoms with E-state index in [4.69, 9.17) is 0 Å². The first-order chi connectivity index (χ1) is 11.5. The van der Waals surface area contributed by atoms with Crippen LogP contribution in [-0.2, 0) is 16.1 Å². The van der Waals surface area contributed by atoms with E-state index in [1.54, 1.807) is 6.92 Å². The predicted octanol–water partition coefficient (Wildman–Crippen LogP) is 1.92. The summed E-state index contributed by atoms with van der Waals surface area (Å²) < 4.78 is 23.9. The maximum absolute atomic E-state index is 13.4. The van der Waals surface area contributed by atoms with Crippen molar-refractivity contribution in [3.05, 3.63) is 39.4 Å². The number of aryl methyl sites for hydroxylation is 1. The number of ether oxygens (including phenoxy) is 1. The summed E-state index contributed by atoms with van der Waals surface area (Å²) in [6.45, 7) is 1.53. The molecule has 0 aliphatic heterocycles. The summed E-state index contributed by atoms with van der Waals surface area (Å²) in [5, 5.41) is 3.78. The van der Waals surface area contributed by atoms with Gasteiger partial charge in [-0.25, -0.2) is 4.39 Å². The van der Waals surface area contributed by atoms with Crippen molar-refractivity contribution in [2.45, 2.75) is 13.5 Å². The number of benzene rings is 1. The predicted molar refractivity (Wildman–Crippen MR) is 86.3 cm³/mol. The van der Waals surface area contributed by atoms with Gasteiger partial charge in [0.1, 0.15) is 17.2 Å². The Hall–Kier alpha value is -2.46. The number of carbonyl (C=O) groups excluding carboxylic acids is 2. The lowest BCUT2D eigenvalue weighted by Gasteiger charge is -2.03. The molecule has 1 amide bonds.